The molecule has 2 aromatic carbocycles. The van der Waals surface area contributed by atoms with Gasteiger partial charge >= 0.3 is 6.18 Å². The first-order chi connectivity index (χ1) is 19.6. The zero-order valence-corrected chi connectivity index (χ0v) is 23.5. The molecule has 1 aliphatic rings. The highest BCUT2D eigenvalue weighted by Gasteiger charge is 2.37. The van der Waals surface area contributed by atoms with Crippen molar-refractivity contribution in [2.75, 3.05) is 44.2 Å². The van der Waals surface area contributed by atoms with Crippen LogP contribution in [0.1, 0.15) is 41.1 Å². The molecule has 0 bridgehead atoms. The van der Waals surface area contributed by atoms with Crippen LogP contribution in [0.3, 0.4) is 0 Å². The molecule has 1 fully saturated rings. The summed E-state index contributed by atoms with van der Waals surface area (Å²) in [5, 5.41) is 2.59. The fraction of sp³-hybridized carbons (Fsp3) is 0.448. The summed E-state index contributed by atoms with van der Waals surface area (Å²) in [4.78, 5) is 52.9. The molecule has 1 unspecified atom stereocenters. The first kappa shape index (κ1) is 32.1. The van der Waals surface area contributed by atoms with Crippen LogP contribution in [0.2, 0.25) is 0 Å². The normalized spacial score (nSPS) is 16.2. The minimum atomic E-state index is -4.88. The molecule has 0 radical (unpaired) electrons. The highest BCUT2D eigenvalue weighted by molar-refractivity contribution is 7.99. The summed E-state index contributed by atoms with van der Waals surface area (Å²) in [6.45, 7) is 1.94. The Morgan fingerprint density at radius 3 is 2.34 bits per heavy atom. The van der Waals surface area contributed by atoms with Gasteiger partial charge in [-0.05, 0) is 55.2 Å². The number of hydrogen-bond acceptors (Lipinski definition) is 6. The van der Waals surface area contributed by atoms with Gasteiger partial charge in [-0.2, -0.15) is 24.9 Å². The topological polar surface area (TPSA) is 113 Å². The third-order valence-electron chi connectivity index (χ3n) is 6.98. The Kier molecular flexibility index (Phi) is 12.2. The molecule has 0 aromatic heterocycles. The van der Waals surface area contributed by atoms with Gasteiger partial charge in [-0.15, -0.1) is 0 Å². The molecule has 1 heterocycles. The van der Waals surface area contributed by atoms with Crippen molar-refractivity contribution >= 4 is 35.3 Å². The molecule has 0 aliphatic carbocycles. The Hall–Kier alpha value is -3.38. The molecule has 2 atom stereocenters. The van der Waals surface area contributed by atoms with Crippen LogP contribution in [0, 0.1) is 0 Å². The van der Waals surface area contributed by atoms with E-state index in [0.29, 0.717) is 18.0 Å². The largest absolute Gasteiger partial charge is 0.450 e. The molecule has 3 N–H and O–H groups in total. The SMILES string of the molecule is NC(=O)[C@H](CCCSCC(=O)C(F)(F)F)N(CCN1CCC(c2ccccc2)C1)C(=O)CNC(=O)c1ccccc1. The predicted molar refractivity (Wildman–Crippen MR) is 151 cm³/mol. The number of amides is 3. The summed E-state index contributed by atoms with van der Waals surface area (Å²) in [5.41, 5.74) is 7.30. The zero-order chi connectivity index (χ0) is 29.8. The number of halogens is 3. The molecule has 41 heavy (non-hydrogen) atoms. The molecule has 1 aliphatic heterocycles. The van der Waals surface area contributed by atoms with Gasteiger partial charge in [-0.25, -0.2) is 0 Å². The molecule has 12 heteroatoms. The number of primary amides is 1. The Morgan fingerprint density at radius 2 is 1.71 bits per heavy atom. The number of carbonyl (C=O) groups excluding carboxylic acids is 4. The van der Waals surface area contributed by atoms with Gasteiger partial charge in [0, 0.05) is 25.2 Å². The number of nitrogens with zero attached hydrogens (tertiary/aromatic N) is 2. The van der Waals surface area contributed by atoms with Crippen molar-refractivity contribution < 1.29 is 32.3 Å². The summed E-state index contributed by atoms with van der Waals surface area (Å²) in [5.74, 6) is -3.66. The van der Waals surface area contributed by atoms with Crippen LogP contribution in [0.4, 0.5) is 13.2 Å². The van der Waals surface area contributed by atoms with Crippen LogP contribution in [0.15, 0.2) is 60.7 Å². The molecule has 222 valence electrons. The van der Waals surface area contributed by atoms with Gasteiger partial charge in [0.25, 0.3) is 5.91 Å². The van der Waals surface area contributed by atoms with Gasteiger partial charge in [-0.1, -0.05) is 48.5 Å². The minimum Gasteiger partial charge on any atom is -0.368 e. The lowest BCUT2D eigenvalue weighted by molar-refractivity contribution is -0.167. The van der Waals surface area contributed by atoms with E-state index in [2.05, 4.69) is 22.3 Å². The second kappa shape index (κ2) is 15.6. The van der Waals surface area contributed by atoms with Crippen LogP contribution in [0.25, 0.3) is 0 Å². The summed E-state index contributed by atoms with van der Waals surface area (Å²) in [7, 11) is 0. The van der Waals surface area contributed by atoms with E-state index in [9.17, 15) is 32.3 Å². The maximum Gasteiger partial charge on any atom is 0.450 e. The third kappa shape index (κ3) is 10.2. The van der Waals surface area contributed by atoms with Crippen molar-refractivity contribution in [2.45, 2.75) is 37.4 Å². The molecule has 0 spiro atoms. The van der Waals surface area contributed by atoms with E-state index in [1.54, 1.807) is 30.3 Å². The lowest BCUT2D eigenvalue weighted by atomic mass is 9.99. The molecule has 3 rings (SSSR count). The van der Waals surface area contributed by atoms with Crippen molar-refractivity contribution in [2.24, 2.45) is 5.73 Å². The number of rotatable bonds is 15. The van der Waals surface area contributed by atoms with E-state index in [0.717, 1.165) is 31.3 Å². The van der Waals surface area contributed by atoms with Gasteiger partial charge in [0.15, 0.2) is 0 Å². The van der Waals surface area contributed by atoms with Crippen molar-refractivity contribution in [3.63, 3.8) is 0 Å². The average Bonchev–Trinajstić information content (AvgIpc) is 3.44. The number of nitrogens with two attached hydrogens (primary N) is 1. The summed E-state index contributed by atoms with van der Waals surface area (Å²) in [6.07, 6.45) is -3.54. The molecule has 3 amide bonds. The first-order valence-electron chi connectivity index (χ1n) is 13.4. The lowest BCUT2D eigenvalue weighted by Crippen LogP contribution is -2.53. The predicted octanol–water partition coefficient (Wildman–Crippen LogP) is 3.23. The number of likely N-dealkylation sites (tertiary alicyclic amines) is 1. The fourth-order valence-corrected chi connectivity index (χ4v) is 5.63. The van der Waals surface area contributed by atoms with E-state index >= 15 is 0 Å². The standard InChI is InChI=1S/C29H35F3N4O4S/c30-29(31,32)25(37)20-41-17-7-12-24(27(33)39)36(26(38)18-34-28(40)22-10-5-2-6-11-22)16-15-35-14-13-23(19-35)21-8-3-1-4-9-21/h1-6,8-11,23-24H,7,12-20H2,(H2,33,39)(H,34,40)/t23?,24-/m0/s1. The molecule has 2 aromatic rings. The molecular weight excluding hydrogens is 557 g/mol. The number of carbonyl (C=O) groups is 4. The van der Waals surface area contributed by atoms with Crippen molar-refractivity contribution in [3.05, 3.63) is 71.8 Å². The van der Waals surface area contributed by atoms with E-state index < -0.39 is 41.5 Å². The van der Waals surface area contributed by atoms with Crippen molar-refractivity contribution in [3.8, 4) is 0 Å². The number of thioether (sulfide) groups is 1. The monoisotopic (exact) mass is 592 g/mol. The van der Waals surface area contributed by atoms with E-state index in [4.69, 9.17) is 5.73 Å². The quantitative estimate of drug-likeness (QED) is 0.307. The zero-order valence-electron chi connectivity index (χ0n) is 22.6. The number of nitrogens with one attached hydrogen (secondary N) is 1. The van der Waals surface area contributed by atoms with Gasteiger partial charge in [0.1, 0.15) is 6.04 Å². The fourth-order valence-electron chi connectivity index (χ4n) is 4.76. The Balaban J connectivity index is 1.62. The van der Waals surface area contributed by atoms with E-state index in [1.165, 1.54) is 10.5 Å². The Morgan fingerprint density at radius 1 is 1.05 bits per heavy atom. The maximum atomic E-state index is 13.3. The smallest absolute Gasteiger partial charge is 0.368 e. The van der Waals surface area contributed by atoms with Crippen LogP contribution >= 0.6 is 11.8 Å². The van der Waals surface area contributed by atoms with Crippen molar-refractivity contribution in [1.29, 1.82) is 0 Å². The third-order valence-corrected chi connectivity index (χ3v) is 8.02. The summed E-state index contributed by atoms with van der Waals surface area (Å²) < 4.78 is 37.4. The van der Waals surface area contributed by atoms with Crippen LogP contribution in [0.5, 0.6) is 0 Å². The highest BCUT2D eigenvalue weighted by atomic mass is 32.2. The minimum absolute atomic E-state index is 0.119. The number of Topliss-reactive ketones (excluding diaryl/α,β-unsaturated/α-hetero) is 1. The van der Waals surface area contributed by atoms with Gasteiger partial charge in [-0.3, -0.25) is 19.2 Å². The van der Waals surface area contributed by atoms with E-state index in [-0.39, 0.29) is 31.7 Å². The number of ketones is 1. The second-order valence-electron chi connectivity index (χ2n) is 9.87. The highest BCUT2D eigenvalue weighted by Crippen LogP contribution is 2.27. The number of benzene rings is 2. The van der Waals surface area contributed by atoms with Gasteiger partial charge in [0.05, 0.1) is 12.3 Å². The first-order valence-corrected chi connectivity index (χ1v) is 14.6. The van der Waals surface area contributed by atoms with Crippen LogP contribution in [-0.4, -0.2) is 89.8 Å². The molecule has 1 saturated heterocycles. The Bertz CT molecular complexity index is 1170. The van der Waals surface area contributed by atoms with Crippen LogP contribution in [-0.2, 0) is 14.4 Å². The van der Waals surface area contributed by atoms with E-state index in [1.807, 2.05) is 18.2 Å². The second-order valence-corrected chi connectivity index (χ2v) is 11.0. The Labute approximate surface area is 241 Å². The summed E-state index contributed by atoms with van der Waals surface area (Å²) >= 11 is 0.815. The van der Waals surface area contributed by atoms with Gasteiger partial charge in [0.2, 0.25) is 17.6 Å². The molecular formula is C29H35F3N4O4S. The number of hydrogen-bond donors (Lipinski definition) is 2. The van der Waals surface area contributed by atoms with Crippen molar-refractivity contribution in [1.82, 2.24) is 15.1 Å². The molecule has 0 saturated carbocycles. The molecule has 8 nitrogen and oxygen atoms in total. The average molecular weight is 593 g/mol. The lowest BCUT2D eigenvalue weighted by Gasteiger charge is -2.31. The van der Waals surface area contributed by atoms with Gasteiger partial charge < -0.3 is 20.9 Å². The number of alkyl halides is 3. The summed E-state index contributed by atoms with van der Waals surface area (Å²) in [6, 6.07) is 17.5. The van der Waals surface area contributed by atoms with Crippen LogP contribution < -0.4 is 11.1 Å². The maximum absolute atomic E-state index is 13.3.